The van der Waals surface area contributed by atoms with E-state index in [1.54, 1.807) is 24.3 Å². The minimum atomic E-state index is -1.33. The maximum Gasteiger partial charge on any atom is 0.230 e. The van der Waals surface area contributed by atoms with Gasteiger partial charge in [0.1, 0.15) is 5.75 Å². The molecule has 0 atom stereocenters. The van der Waals surface area contributed by atoms with Crippen LogP contribution in [0.25, 0.3) is 0 Å². The first-order valence-corrected chi connectivity index (χ1v) is 7.92. The molecule has 0 fully saturated rings. The van der Waals surface area contributed by atoms with Gasteiger partial charge in [-0.2, -0.15) is 0 Å². The maximum absolute atomic E-state index is 12.0. The van der Waals surface area contributed by atoms with Crippen LogP contribution in [0.1, 0.15) is 15.9 Å². The molecule has 25 heavy (non-hydrogen) atoms. The summed E-state index contributed by atoms with van der Waals surface area (Å²) in [7, 11) is 1.43. The van der Waals surface area contributed by atoms with Gasteiger partial charge in [-0.25, -0.2) is 0 Å². The van der Waals surface area contributed by atoms with Gasteiger partial charge in [0.2, 0.25) is 5.91 Å². The number of ether oxygens (including phenoxy) is 1. The lowest BCUT2D eigenvalue weighted by Crippen LogP contribution is -2.35. The van der Waals surface area contributed by atoms with Gasteiger partial charge in [-0.3, -0.25) is 4.79 Å². The van der Waals surface area contributed by atoms with E-state index in [9.17, 15) is 14.7 Å². The Bertz CT molecular complexity index is 809. The lowest BCUT2D eigenvalue weighted by molar-refractivity contribution is -0.255. The molecule has 0 saturated carbocycles. The van der Waals surface area contributed by atoms with E-state index >= 15 is 0 Å². The molecule has 0 aliphatic heterocycles. The molecule has 0 aliphatic rings. The van der Waals surface area contributed by atoms with E-state index in [0.29, 0.717) is 16.5 Å². The van der Waals surface area contributed by atoms with Gasteiger partial charge in [0.15, 0.2) is 5.11 Å². The summed E-state index contributed by atoms with van der Waals surface area (Å²) in [5, 5.41) is 16.8. The normalized spacial score (nSPS) is 10.0. The van der Waals surface area contributed by atoms with Crippen molar-refractivity contribution in [2.75, 3.05) is 12.4 Å². The summed E-state index contributed by atoms with van der Waals surface area (Å²) < 4.78 is 5.13. The number of thiocarbonyl (C=S) groups is 1. The average molecular weight is 378 g/mol. The maximum atomic E-state index is 12.0. The van der Waals surface area contributed by atoms with Crippen LogP contribution in [0.3, 0.4) is 0 Å². The zero-order valence-electron chi connectivity index (χ0n) is 13.2. The number of carboxylic acid groups (broad SMARTS) is 1. The summed E-state index contributed by atoms with van der Waals surface area (Å²) in [6.07, 6.45) is 0.120. The van der Waals surface area contributed by atoms with Crippen LogP contribution < -0.4 is 20.5 Å². The molecule has 130 valence electrons. The van der Waals surface area contributed by atoms with Crippen molar-refractivity contribution in [1.82, 2.24) is 5.32 Å². The van der Waals surface area contributed by atoms with E-state index in [1.807, 2.05) is 0 Å². The first-order valence-electron chi connectivity index (χ1n) is 7.13. The Labute approximate surface area is 154 Å². The molecule has 0 unspecified atom stereocenters. The molecule has 0 spiro atoms. The van der Waals surface area contributed by atoms with E-state index in [4.69, 9.17) is 28.6 Å². The fourth-order valence-electron chi connectivity index (χ4n) is 2.04. The monoisotopic (exact) mass is 377 g/mol. The first-order chi connectivity index (χ1) is 11.9. The number of anilines is 1. The van der Waals surface area contributed by atoms with E-state index in [2.05, 4.69) is 10.6 Å². The number of carbonyl (C=O) groups excluding carboxylic acids is 2. The molecule has 2 aromatic rings. The Morgan fingerprint density at radius 3 is 2.48 bits per heavy atom. The summed E-state index contributed by atoms with van der Waals surface area (Å²) >= 11 is 10.9. The van der Waals surface area contributed by atoms with Crippen molar-refractivity contribution in [3.63, 3.8) is 0 Å². The number of carboxylic acids is 1. The smallest absolute Gasteiger partial charge is 0.230 e. The molecule has 6 nitrogen and oxygen atoms in total. The number of nitrogens with one attached hydrogen (secondary N) is 2. The van der Waals surface area contributed by atoms with Gasteiger partial charge < -0.3 is 25.3 Å². The van der Waals surface area contributed by atoms with Crippen molar-refractivity contribution in [2.45, 2.75) is 6.42 Å². The predicted octanol–water partition coefficient (Wildman–Crippen LogP) is 1.77. The van der Waals surface area contributed by atoms with Crippen LogP contribution >= 0.6 is 23.8 Å². The highest BCUT2D eigenvalue weighted by molar-refractivity contribution is 7.80. The fourth-order valence-corrected chi connectivity index (χ4v) is 2.39. The van der Waals surface area contributed by atoms with Crippen LogP contribution in [0, 0.1) is 0 Å². The van der Waals surface area contributed by atoms with E-state index in [0.717, 1.165) is 5.56 Å². The number of halogens is 1. The van der Waals surface area contributed by atoms with Crippen molar-refractivity contribution in [2.24, 2.45) is 0 Å². The Kier molecular flexibility index (Phi) is 6.32. The fraction of sp³-hybridized carbons (Fsp3) is 0.118. The predicted molar refractivity (Wildman–Crippen MR) is 96.8 cm³/mol. The number of aromatic carboxylic acids is 1. The Hall–Kier alpha value is -2.64. The highest BCUT2D eigenvalue weighted by Crippen LogP contribution is 2.25. The second-order valence-electron chi connectivity index (χ2n) is 5.01. The summed E-state index contributed by atoms with van der Waals surface area (Å²) in [6.45, 7) is 0. The van der Waals surface area contributed by atoms with E-state index < -0.39 is 5.97 Å². The van der Waals surface area contributed by atoms with Gasteiger partial charge >= 0.3 is 0 Å². The van der Waals surface area contributed by atoms with Gasteiger partial charge in [0.25, 0.3) is 0 Å². The molecule has 2 rings (SSSR count). The Morgan fingerprint density at radius 2 is 1.88 bits per heavy atom. The van der Waals surface area contributed by atoms with Crippen molar-refractivity contribution in [3.8, 4) is 5.75 Å². The summed E-state index contributed by atoms with van der Waals surface area (Å²) in [6, 6.07) is 11.0. The third-order valence-electron chi connectivity index (χ3n) is 3.21. The number of hydrogen-bond acceptors (Lipinski definition) is 5. The number of benzene rings is 2. The molecule has 8 heteroatoms. The van der Waals surface area contributed by atoms with Gasteiger partial charge in [-0.05, 0) is 53.7 Å². The quantitative estimate of drug-likeness (QED) is 0.772. The van der Waals surface area contributed by atoms with Crippen LogP contribution in [0.4, 0.5) is 5.69 Å². The van der Waals surface area contributed by atoms with Gasteiger partial charge in [0.05, 0.1) is 25.2 Å². The van der Waals surface area contributed by atoms with Crippen LogP contribution in [-0.4, -0.2) is 24.1 Å². The molecule has 0 heterocycles. The zero-order valence-corrected chi connectivity index (χ0v) is 14.7. The summed E-state index contributed by atoms with van der Waals surface area (Å²) in [5.41, 5.74) is 1.04. The first kappa shape index (κ1) is 18.7. The summed E-state index contributed by atoms with van der Waals surface area (Å²) in [4.78, 5) is 23.0. The number of hydrogen-bond donors (Lipinski definition) is 2. The number of amides is 1. The molecule has 2 aromatic carbocycles. The molecular formula is C17H14ClN2O4S-. The van der Waals surface area contributed by atoms with Crippen molar-refractivity contribution >= 4 is 46.5 Å². The summed E-state index contributed by atoms with van der Waals surface area (Å²) in [5.74, 6) is -1.28. The molecule has 1 amide bonds. The number of methoxy groups -OCH3 is 1. The van der Waals surface area contributed by atoms with Crippen LogP contribution in [-0.2, 0) is 11.2 Å². The minimum Gasteiger partial charge on any atom is -0.545 e. The van der Waals surface area contributed by atoms with Crippen molar-refractivity contribution in [1.29, 1.82) is 0 Å². The van der Waals surface area contributed by atoms with Gasteiger partial charge in [-0.1, -0.05) is 23.7 Å². The number of carbonyl (C=O) groups is 2. The van der Waals surface area contributed by atoms with Crippen molar-refractivity contribution < 1.29 is 19.4 Å². The van der Waals surface area contributed by atoms with Crippen molar-refractivity contribution in [3.05, 3.63) is 58.6 Å². The number of rotatable bonds is 5. The topological polar surface area (TPSA) is 90.5 Å². The Morgan fingerprint density at radius 1 is 1.20 bits per heavy atom. The Balaban J connectivity index is 2.01. The van der Waals surface area contributed by atoms with Crippen LogP contribution in [0.2, 0.25) is 5.02 Å². The molecule has 0 aromatic heterocycles. The lowest BCUT2D eigenvalue weighted by Gasteiger charge is -2.14. The molecule has 0 radical (unpaired) electrons. The second kappa shape index (κ2) is 8.46. The molecule has 0 saturated heterocycles. The zero-order chi connectivity index (χ0) is 18.4. The highest BCUT2D eigenvalue weighted by Gasteiger charge is 2.10. The molecule has 0 bridgehead atoms. The third-order valence-corrected chi connectivity index (χ3v) is 3.67. The average Bonchev–Trinajstić information content (AvgIpc) is 2.56. The molecule has 2 N–H and O–H groups in total. The molecule has 0 aliphatic carbocycles. The molecular weight excluding hydrogens is 364 g/mol. The third kappa shape index (κ3) is 5.44. The van der Waals surface area contributed by atoms with E-state index in [-0.39, 0.29) is 23.0 Å². The van der Waals surface area contributed by atoms with E-state index in [1.165, 1.54) is 25.3 Å². The van der Waals surface area contributed by atoms with Gasteiger partial charge in [-0.15, -0.1) is 0 Å². The van der Waals surface area contributed by atoms with Crippen LogP contribution in [0.5, 0.6) is 5.75 Å². The van der Waals surface area contributed by atoms with Crippen LogP contribution in [0.15, 0.2) is 42.5 Å². The second-order valence-corrected chi connectivity index (χ2v) is 5.85. The SMILES string of the molecule is COc1ccc(C(=O)[O-])cc1NC(=S)NC(=O)Cc1ccc(Cl)cc1. The standard InChI is InChI=1S/C17H15ClN2O4S/c1-24-14-7-4-11(16(22)23)9-13(14)19-17(25)20-15(21)8-10-2-5-12(18)6-3-10/h2-7,9H,8H2,1H3,(H,22,23)(H2,19,20,21,25)/p-1. The lowest BCUT2D eigenvalue weighted by atomic mass is 10.1. The highest BCUT2D eigenvalue weighted by atomic mass is 35.5. The minimum absolute atomic E-state index is 0.0211. The largest absolute Gasteiger partial charge is 0.545 e. The van der Waals surface area contributed by atoms with Gasteiger partial charge in [0, 0.05) is 5.02 Å².